The minimum Gasteiger partial charge on any atom is -0.393 e. The molecule has 0 aliphatic carbocycles. The Balaban J connectivity index is 1.93. The molecule has 2 fully saturated rings. The van der Waals surface area contributed by atoms with Crippen molar-refractivity contribution < 1.29 is 5.11 Å². The Bertz CT molecular complexity index is 278. The Morgan fingerprint density at radius 2 is 1.84 bits per heavy atom. The van der Waals surface area contributed by atoms with Crippen LogP contribution in [0.3, 0.4) is 0 Å². The van der Waals surface area contributed by atoms with Gasteiger partial charge in [0.25, 0.3) is 0 Å². The highest BCUT2D eigenvalue weighted by molar-refractivity contribution is 4.98. The van der Waals surface area contributed by atoms with Gasteiger partial charge in [0.15, 0.2) is 0 Å². The third-order valence-electron chi connectivity index (χ3n) is 5.32. The van der Waals surface area contributed by atoms with Crippen molar-refractivity contribution in [3.05, 3.63) is 0 Å². The summed E-state index contributed by atoms with van der Waals surface area (Å²) >= 11 is 0. The molecule has 2 aliphatic heterocycles. The third-order valence-corrected chi connectivity index (χ3v) is 5.32. The van der Waals surface area contributed by atoms with Gasteiger partial charge in [-0.05, 0) is 51.0 Å². The van der Waals surface area contributed by atoms with Crippen molar-refractivity contribution in [2.75, 3.05) is 13.1 Å². The topological polar surface area (TPSA) is 35.5 Å². The van der Waals surface area contributed by atoms with Crippen LogP contribution in [0, 0.1) is 5.41 Å². The van der Waals surface area contributed by atoms with Crippen molar-refractivity contribution in [3.8, 4) is 0 Å². The van der Waals surface area contributed by atoms with Crippen molar-refractivity contribution >= 4 is 0 Å². The molecule has 0 amide bonds. The summed E-state index contributed by atoms with van der Waals surface area (Å²) in [4.78, 5) is 2.69. The van der Waals surface area contributed by atoms with E-state index in [1.54, 1.807) is 0 Å². The van der Waals surface area contributed by atoms with Gasteiger partial charge in [0.05, 0.1) is 6.10 Å². The molecule has 2 N–H and O–H groups in total. The monoisotopic (exact) mass is 268 g/mol. The maximum atomic E-state index is 9.89. The van der Waals surface area contributed by atoms with E-state index < -0.39 is 0 Å². The van der Waals surface area contributed by atoms with Gasteiger partial charge >= 0.3 is 0 Å². The minimum absolute atomic E-state index is 0.0486. The van der Waals surface area contributed by atoms with E-state index in [2.05, 4.69) is 37.9 Å². The lowest BCUT2D eigenvalue weighted by Crippen LogP contribution is -2.53. The van der Waals surface area contributed by atoms with Crippen LogP contribution >= 0.6 is 0 Å². The van der Waals surface area contributed by atoms with Gasteiger partial charge in [0, 0.05) is 24.7 Å². The molecule has 2 heterocycles. The maximum absolute atomic E-state index is 9.89. The second kappa shape index (κ2) is 6.11. The zero-order valence-electron chi connectivity index (χ0n) is 13.2. The molecule has 19 heavy (non-hydrogen) atoms. The molecular weight excluding hydrogens is 236 g/mol. The molecule has 0 aromatic carbocycles. The molecular formula is C16H32N2O. The molecule has 2 rings (SSSR count). The fourth-order valence-electron chi connectivity index (χ4n) is 3.75. The Morgan fingerprint density at radius 3 is 2.37 bits per heavy atom. The summed E-state index contributed by atoms with van der Waals surface area (Å²) < 4.78 is 0. The smallest absolute Gasteiger partial charge is 0.0570 e. The molecule has 3 nitrogen and oxygen atoms in total. The Morgan fingerprint density at radius 1 is 1.26 bits per heavy atom. The summed E-state index contributed by atoms with van der Waals surface area (Å²) in [5, 5.41) is 13.5. The van der Waals surface area contributed by atoms with Gasteiger partial charge in [-0.3, -0.25) is 4.90 Å². The van der Waals surface area contributed by atoms with E-state index in [0.717, 1.165) is 25.9 Å². The third kappa shape index (κ3) is 3.50. The van der Waals surface area contributed by atoms with Crippen LogP contribution in [0.4, 0.5) is 0 Å². The molecule has 2 aliphatic rings. The molecule has 2 saturated heterocycles. The zero-order chi connectivity index (χ0) is 14.0. The Labute approximate surface area is 118 Å². The van der Waals surface area contributed by atoms with Crippen LogP contribution in [-0.4, -0.2) is 47.3 Å². The lowest BCUT2D eigenvalue weighted by Gasteiger charge is -2.44. The highest BCUT2D eigenvalue weighted by Gasteiger charge is 2.42. The molecule has 2 bridgehead atoms. The number of hydrogen-bond donors (Lipinski definition) is 2. The molecule has 0 saturated carbocycles. The number of nitrogens with one attached hydrogen (secondary N) is 1. The number of rotatable bonds is 6. The molecule has 0 aromatic heterocycles. The van der Waals surface area contributed by atoms with Crippen molar-refractivity contribution in [3.63, 3.8) is 0 Å². The van der Waals surface area contributed by atoms with E-state index >= 15 is 0 Å². The van der Waals surface area contributed by atoms with Crippen molar-refractivity contribution in [2.45, 2.75) is 84.0 Å². The fraction of sp³-hybridized carbons (Fsp3) is 1.00. The van der Waals surface area contributed by atoms with Gasteiger partial charge in [0.1, 0.15) is 0 Å². The summed E-state index contributed by atoms with van der Waals surface area (Å²) in [6.07, 6.45) is 5.70. The summed E-state index contributed by atoms with van der Waals surface area (Å²) in [6.45, 7) is 11.6. The second-order valence-corrected chi connectivity index (χ2v) is 7.35. The summed E-state index contributed by atoms with van der Waals surface area (Å²) in [5.74, 6) is 0. The van der Waals surface area contributed by atoms with E-state index in [1.165, 1.54) is 19.3 Å². The fourth-order valence-corrected chi connectivity index (χ4v) is 3.75. The molecule has 3 unspecified atom stereocenters. The van der Waals surface area contributed by atoms with Crippen LogP contribution in [0.25, 0.3) is 0 Å². The van der Waals surface area contributed by atoms with Crippen LogP contribution in [0.15, 0.2) is 0 Å². The van der Waals surface area contributed by atoms with Crippen LogP contribution in [0.2, 0.25) is 0 Å². The van der Waals surface area contributed by atoms with Crippen LogP contribution < -0.4 is 5.32 Å². The van der Waals surface area contributed by atoms with E-state index in [0.29, 0.717) is 18.1 Å². The second-order valence-electron chi connectivity index (χ2n) is 7.35. The van der Waals surface area contributed by atoms with E-state index in [9.17, 15) is 5.11 Å². The summed E-state index contributed by atoms with van der Waals surface area (Å²) in [6, 6.07) is 1.80. The maximum Gasteiger partial charge on any atom is 0.0570 e. The average Bonchev–Trinajstić information content (AvgIpc) is 2.59. The molecule has 0 spiro atoms. The quantitative estimate of drug-likeness (QED) is 0.776. The lowest BCUT2D eigenvalue weighted by atomic mass is 9.83. The van der Waals surface area contributed by atoms with Crippen molar-refractivity contribution in [1.82, 2.24) is 10.2 Å². The number of piperidine rings is 1. The van der Waals surface area contributed by atoms with Gasteiger partial charge in [-0.25, -0.2) is 0 Å². The number of aliphatic hydroxyl groups excluding tert-OH is 1. The SMILES string of the molecule is CCCNC(C)C(C)(C)CN1C2CCC1CC(O)C2. The average molecular weight is 268 g/mol. The van der Waals surface area contributed by atoms with Gasteiger partial charge in [-0.1, -0.05) is 20.8 Å². The highest BCUT2D eigenvalue weighted by atomic mass is 16.3. The largest absolute Gasteiger partial charge is 0.393 e. The molecule has 112 valence electrons. The predicted molar refractivity (Wildman–Crippen MR) is 80.3 cm³/mol. The first-order chi connectivity index (χ1) is 8.94. The van der Waals surface area contributed by atoms with Gasteiger partial charge in [-0.2, -0.15) is 0 Å². The number of hydrogen-bond acceptors (Lipinski definition) is 3. The van der Waals surface area contributed by atoms with Gasteiger partial charge in [-0.15, -0.1) is 0 Å². The predicted octanol–water partition coefficient (Wildman–Crippen LogP) is 2.39. The lowest BCUT2D eigenvalue weighted by molar-refractivity contribution is 0.00983. The summed E-state index contributed by atoms with van der Waals surface area (Å²) in [7, 11) is 0. The first kappa shape index (κ1) is 15.3. The molecule has 0 radical (unpaired) electrons. The Hall–Kier alpha value is -0.120. The van der Waals surface area contributed by atoms with E-state index in [1.807, 2.05) is 0 Å². The summed E-state index contributed by atoms with van der Waals surface area (Å²) in [5.41, 5.74) is 0.290. The van der Waals surface area contributed by atoms with E-state index in [4.69, 9.17) is 0 Å². The zero-order valence-corrected chi connectivity index (χ0v) is 13.2. The first-order valence-electron chi connectivity index (χ1n) is 8.11. The number of aliphatic hydroxyl groups is 1. The first-order valence-corrected chi connectivity index (χ1v) is 8.11. The van der Waals surface area contributed by atoms with Crippen LogP contribution in [0.5, 0.6) is 0 Å². The van der Waals surface area contributed by atoms with Gasteiger partial charge < -0.3 is 10.4 Å². The molecule has 0 aromatic rings. The van der Waals surface area contributed by atoms with Crippen molar-refractivity contribution in [2.24, 2.45) is 5.41 Å². The van der Waals surface area contributed by atoms with Gasteiger partial charge in [0.2, 0.25) is 0 Å². The molecule has 3 atom stereocenters. The van der Waals surface area contributed by atoms with Crippen LogP contribution in [-0.2, 0) is 0 Å². The van der Waals surface area contributed by atoms with Crippen molar-refractivity contribution in [1.29, 1.82) is 0 Å². The normalized spacial score (nSPS) is 33.6. The number of fused-ring (bicyclic) bond motifs is 2. The highest BCUT2D eigenvalue weighted by Crippen LogP contribution is 2.38. The Kier molecular flexibility index (Phi) is 4.91. The molecule has 3 heteroatoms. The number of nitrogens with zero attached hydrogens (tertiary/aromatic N) is 1. The minimum atomic E-state index is -0.0486. The van der Waals surface area contributed by atoms with E-state index in [-0.39, 0.29) is 11.5 Å². The van der Waals surface area contributed by atoms with Crippen LogP contribution in [0.1, 0.15) is 59.8 Å². The standard InChI is InChI=1S/C16H32N2O/c1-5-8-17-12(2)16(3,4)11-18-13-6-7-14(18)10-15(19)9-13/h12-15,17,19H,5-11H2,1-4H3.